The molecule has 2 heterocycles. The summed E-state index contributed by atoms with van der Waals surface area (Å²) in [5, 5.41) is 0. The summed E-state index contributed by atoms with van der Waals surface area (Å²) in [6.45, 7) is 3.85. The highest BCUT2D eigenvalue weighted by molar-refractivity contribution is 7.92. The number of fused-ring (bicyclic) bond motifs is 1. The van der Waals surface area contributed by atoms with Crippen LogP contribution in [0.3, 0.4) is 0 Å². The van der Waals surface area contributed by atoms with Gasteiger partial charge in [-0.1, -0.05) is 0 Å². The molecule has 0 aliphatic heterocycles. The number of imidazole rings is 1. The van der Waals surface area contributed by atoms with Crippen molar-refractivity contribution in [1.82, 2.24) is 9.38 Å². The van der Waals surface area contributed by atoms with Crippen LogP contribution < -0.4 is 5.73 Å². The molecule has 1 aliphatic carbocycles. The van der Waals surface area contributed by atoms with Gasteiger partial charge in [-0.2, -0.15) is 4.36 Å². The van der Waals surface area contributed by atoms with Gasteiger partial charge < -0.3 is 10.1 Å². The zero-order valence-corrected chi connectivity index (χ0v) is 13.8. The van der Waals surface area contributed by atoms with Gasteiger partial charge in [-0.3, -0.25) is 0 Å². The number of pyridine rings is 1. The molecular formula is C15H22N4OS. The Bertz CT molecular complexity index is 810. The summed E-state index contributed by atoms with van der Waals surface area (Å²) in [6, 6.07) is 2.03. The number of hydrogen-bond acceptors (Lipinski definition) is 4. The molecule has 5 nitrogen and oxygen atoms in total. The number of aromatic nitrogens is 2. The summed E-state index contributed by atoms with van der Waals surface area (Å²) in [5.41, 5.74) is 9.11. The van der Waals surface area contributed by atoms with E-state index in [0.717, 1.165) is 11.3 Å². The van der Waals surface area contributed by atoms with E-state index in [4.69, 9.17) is 5.73 Å². The molecule has 114 valence electrons. The topological polar surface area (TPSA) is 72.8 Å². The number of nitrogens with zero attached hydrogens (tertiary/aromatic N) is 3. The Morgan fingerprint density at radius 3 is 2.57 bits per heavy atom. The molecule has 2 aromatic rings. The van der Waals surface area contributed by atoms with E-state index in [2.05, 4.69) is 15.5 Å². The van der Waals surface area contributed by atoms with Crippen LogP contribution in [0.5, 0.6) is 0 Å². The number of nitrogens with two attached hydrogens (primary N) is 1. The molecule has 0 bridgehead atoms. The van der Waals surface area contributed by atoms with Crippen molar-refractivity contribution in [1.29, 1.82) is 0 Å². The fraction of sp³-hybridized carbons (Fsp3) is 0.533. The lowest BCUT2D eigenvalue weighted by Crippen LogP contribution is -2.28. The normalized spacial score (nSPS) is 16.4. The van der Waals surface area contributed by atoms with Crippen molar-refractivity contribution in [2.75, 3.05) is 12.5 Å². The fourth-order valence-electron chi connectivity index (χ4n) is 2.36. The van der Waals surface area contributed by atoms with Crippen LogP contribution in [0.2, 0.25) is 0 Å². The molecule has 2 N–H and O–H groups in total. The summed E-state index contributed by atoms with van der Waals surface area (Å²) in [7, 11) is -2.23. The molecule has 0 aromatic carbocycles. The minimum Gasteiger partial charge on any atom is -0.321 e. The molecule has 0 spiro atoms. The molecule has 0 radical (unpaired) electrons. The van der Waals surface area contributed by atoms with Gasteiger partial charge in [0.25, 0.3) is 0 Å². The van der Waals surface area contributed by atoms with Crippen LogP contribution >= 0.6 is 0 Å². The standard InChI is InChI=1S/C15H22N4OS/c1-15(2,16)13-9-19-8-11(10-5-6-10)7-12(14(19)17-13)18-21(3,4)20/h7-10H,5-6,16H2,1-4H3. The fourth-order valence-corrected chi connectivity index (χ4v) is 2.96. The van der Waals surface area contributed by atoms with Gasteiger partial charge in [-0.25, -0.2) is 9.19 Å². The molecule has 0 amide bonds. The second kappa shape index (κ2) is 4.55. The summed E-state index contributed by atoms with van der Waals surface area (Å²) in [5.74, 6) is 0.602. The molecule has 3 rings (SSSR count). The highest BCUT2D eigenvalue weighted by atomic mass is 32.2. The average Bonchev–Trinajstić information content (AvgIpc) is 3.05. The first-order chi connectivity index (χ1) is 9.63. The largest absolute Gasteiger partial charge is 0.321 e. The van der Waals surface area contributed by atoms with Crippen LogP contribution in [0.25, 0.3) is 5.65 Å². The minimum absolute atomic E-state index is 0.511. The van der Waals surface area contributed by atoms with E-state index in [1.807, 2.05) is 30.5 Å². The number of rotatable bonds is 3. The van der Waals surface area contributed by atoms with E-state index in [1.165, 1.54) is 18.4 Å². The predicted molar refractivity (Wildman–Crippen MR) is 86.5 cm³/mol. The summed E-state index contributed by atoms with van der Waals surface area (Å²) < 4.78 is 18.4. The minimum atomic E-state index is -2.23. The Morgan fingerprint density at radius 2 is 2.05 bits per heavy atom. The molecule has 6 heteroatoms. The van der Waals surface area contributed by atoms with E-state index in [-0.39, 0.29) is 0 Å². The quantitative estimate of drug-likeness (QED) is 0.947. The number of hydrogen-bond donors (Lipinski definition) is 1. The molecule has 0 atom stereocenters. The Balaban J connectivity index is 2.27. The third kappa shape index (κ3) is 3.11. The molecule has 1 aliphatic rings. The average molecular weight is 306 g/mol. The highest BCUT2D eigenvalue weighted by Crippen LogP contribution is 2.42. The van der Waals surface area contributed by atoms with Crippen molar-refractivity contribution >= 4 is 21.1 Å². The maximum Gasteiger partial charge on any atom is 0.163 e. The van der Waals surface area contributed by atoms with Gasteiger partial charge in [0.2, 0.25) is 0 Å². The first-order valence-electron chi connectivity index (χ1n) is 7.13. The molecular weight excluding hydrogens is 284 g/mol. The summed E-state index contributed by atoms with van der Waals surface area (Å²) in [4.78, 5) is 4.61. The molecule has 0 unspecified atom stereocenters. The van der Waals surface area contributed by atoms with Crippen LogP contribution in [0.1, 0.15) is 43.9 Å². The van der Waals surface area contributed by atoms with Gasteiger partial charge in [0.15, 0.2) is 5.65 Å². The third-order valence-corrected chi connectivity index (χ3v) is 4.22. The van der Waals surface area contributed by atoms with Gasteiger partial charge in [0.05, 0.1) is 11.2 Å². The summed E-state index contributed by atoms with van der Waals surface area (Å²) in [6.07, 6.45) is 9.76. The maximum atomic E-state index is 12.1. The van der Waals surface area contributed by atoms with Gasteiger partial charge in [0.1, 0.15) is 5.69 Å². The van der Waals surface area contributed by atoms with E-state index < -0.39 is 15.3 Å². The lowest BCUT2D eigenvalue weighted by atomic mass is 10.0. The SMILES string of the molecule is CC(C)(N)c1cn2cc(C3CC3)cc(N=S(C)(C)=O)c2n1. The van der Waals surface area contributed by atoms with Crippen LogP contribution in [0.4, 0.5) is 5.69 Å². The highest BCUT2D eigenvalue weighted by Gasteiger charge is 2.26. The van der Waals surface area contributed by atoms with Crippen molar-refractivity contribution < 1.29 is 4.21 Å². The molecule has 0 saturated heterocycles. The first kappa shape index (κ1) is 14.5. The van der Waals surface area contributed by atoms with Gasteiger partial charge in [-0.15, -0.1) is 0 Å². The van der Waals surface area contributed by atoms with Gasteiger partial charge in [-0.05, 0) is 44.2 Å². The second-order valence-electron chi connectivity index (χ2n) is 6.78. The maximum absolute atomic E-state index is 12.1. The van der Waals surface area contributed by atoms with Crippen molar-refractivity contribution in [3.8, 4) is 0 Å². The Morgan fingerprint density at radius 1 is 1.38 bits per heavy atom. The monoisotopic (exact) mass is 306 g/mol. The van der Waals surface area contributed by atoms with Crippen LogP contribution in [0.15, 0.2) is 22.8 Å². The molecule has 1 fully saturated rings. The smallest absolute Gasteiger partial charge is 0.163 e. The van der Waals surface area contributed by atoms with Crippen LogP contribution in [0, 0.1) is 0 Å². The molecule has 1 saturated carbocycles. The van der Waals surface area contributed by atoms with Crippen molar-refractivity contribution in [3.05, 3.63) is 29.7 Å². The van der Waals surface area contributed by atoms with Crippen molar-refractivity contribution in [3.63, 3.8) is 0 Å². The second-order valence-corrected chi connectivity index (χ2v) is 9.33. The Kier molecular flexibility index (Phi) is 3.15. The third-order valence-electron chi connectivity index (χ3n) is 3.58. The Labute approximate surface area is 125 Å². The predicted octanol–water partition coefficient (Wildman–Crippen LogP) is 2.76. The van der Waals surface area contributed by atoms with Gasteiger partial charge >= 0.3 is 0 Å². The zero-order valence-electron chi connectivity index (χ0n) is 13.0. The van der Waals surface area contributed by atoms with Crippen LogP contribution in [-0.4, -0.2) is 26.1 Å². The van der Waals surface area contributed by atoms with E-state index in [0.29, 0.717) is 11.6 Å². The van der Waals surface area contributed by atoms with Crippen LogP contribution in [-0.2, 0) is 15.3 Å². The van der Waals surface area contributed by atoms with Crippen molar-refractivity contribution in [2.45, 2.75) is 38.1 Å². The zero-order chi connectivity index (χ0) is 15.4. The lowest BCUT2D eigenvalue weighted by molar-refractivity contribution is 0.539. The van der Waals surface area contributed by atoms with Gasteiger partial charge in [0, 0.05) is 34.6 Å². The van der Waals surface area contributed by atoms with Crippen molar-refractivity contribution in [2.24, 2.45) is 10.1 Å². The molecule has 21 heavy (non-hydrogen) atoms. The van der Waals surface area contributed by atoms with E-state index >= 15 is 0 Å². The van der Waals surface area contributed by atoms with E-state index in [1.54, 1.807) is 12.5 Å². The first-order valence-corrected chi connectivity index (χ1v) is 9.46. The Hall–Kier alpha value is -1.40. The lowest BCUT2D eigenvalue weighted by Gasteiger charge is -2.14. The van der Waals surface area contributed by atoms with E-state index in [9.17, 15) is 4.21 Å². The summed E-state index contributed by atoms with van der Waals surface area (Å²) >= 11 is 0. The molecule has 2 aromatic heterocycles.